The lowest BCUT2D eigenvalue weighted by molar-refractivity contribution is 0.0661. The van der Waals surface area contributed by atoms with Gasteiger partial charge in [0.15, 0.2) is 0 Å². The largest absolute Gasteiger partial charge is 0.351 e. The van der Waals surface area contributed by atoms with Crippen LogP contribution in [0.4, 0.5) is 0 Å². The number of carbonyl (C=O) groups excluding carboxylic acids is 1. The number of carbonyl (C=O) groups is 1. The minimum atomic E-state index is -3.26. The fourth-order valence-corrected chi connectivity index (χ4v) is 2.98. The molecule has 1 aromatic rings. The van der Waals surface area contributed by atoms with E-state index in [1.165, 1.54) is 0 Å². The summed E-state index contributed by atoms with van der Waals surface area (Å²) < 4.78 is 29.9. The summed E-state index contributed by atoms with van der Waals surface area (Å²) in [6, 6.07) is 1.34. The Hall–Kier alpha value is -1.41. The molecule has 0 spiro atoms. The summed E-state index contributed by atoms with van der Waals surface area (Å²) in [5.41, 5.74) is 0.645. The summed E-state index contributed by atoms with van der Waals surface area (Å²) in [7, 11) is -3.26. The lowest BCUT2D eigenvalue weighted by Crippen LogP contribution is -2.49. The van der Waals surface area contributed by atoms with E-state index in [2.05, 4.69) is 9.88 Å². The third kappa shape index (κ3) is 3.77. The van der Waals surface area contributed by atoms with Gasteiger partial charge in [0, 0.05) is 25.2 Å². The van der Waals surface area contributed by atoms with E-state index in [1.54, 1.807) is 17.9 Å². The average Bonchev–Trinajstić information content (AvgIpc) is 2.73. The molecular formula is C11H17N3O4S. The molecule has 1 fully saturated rings. The Morgan fingerprint density at radius 2 is 2.32 bits per heavy atom. The van der Waals surface area contributed by atoms with Crippen LogP contribution in [0.25, 0.3) is 0 Å². The third-order valence-electron chi connectivity index (χ3n) is 2.93. The number of aromatic nitrogens is 1. The minimum absolute atomic E-state index is 0.192. The van der Waals surface area contributed by atoms with Crippen LogP contribution >= 0.6 is 0 Å². The van der Waals surface area contributed by atoms with Gasteiger partial charge in [-0.25, -0.2) is 13.1 Å². The maximum absolute atomic E-state index is 12.1. The molecule has 0 bridgehead atoms. The van der Waals surface area contributed by atoms with Crippen molar-refractivity contribution in [3.8, 4) is 0 Å². The molecule has 0 aromatic carbocycles. The first-order chi connectivity index (χ1) is 8.85. The van der Waals surface area contributed by atoms with Crippen molar-refractivity contribution in [2.24, 2.45) is 0 Å². The fraction of sp³-hybridized carbons (Fsp3) is 0.636. The number of amides is 1. The van der Waals surface area contributed by atoms with Crippen LogP contribution in [0.1, 0.15) is 29.1 Å². The Bertz CT molecular complexity index is 566. The Labute approximate surface area is 112 Å². The van der Waals surface area contributed by atoms with Crippen LogP contribution in [-0.2, 0) is 10.0 Å². The normalized spacial score (nSPS) is 20.5. The van der Waals surface area contributed by atoms with E-state index in [1.807, 2.05) is 0 Å². The molecule has 106 valence electrons. The number of hydrogen-bond donors (Lipinski definition) is 1. The molecule has 0 radical (unpaired) electrons. The molecule has 1 amide bonds. The fourth-order valence-electron chi connectivity index (χ4n) is 2.18. The maximum Gasteiger partial charge on any atom is 0.292 e. The summed E-state index contributed by atoms with van der Waals surface area (Å²) in [6.07, 6.45) is 2.60. The Kier molecular flexibility index (Phi) is 3.91. The van der Waals surface area contributed by atoms with Gasteiger partial charge in [0.2, 0.25) is 15.8 Å². The molecule has 2 rings (SSSR count). The van der Waals surface area contributed by atoms with Crippen molar-refractivity contribution in [1.82, 2.24) is 14.8 Å². The van der Waals surface area contributed by atoms with Crippen LogP contribution in [0.2, 0.25) is 0 Å². The summed E-state index contributed by atoms with van der Waals surface area (Å²) in [4.78, 5) is 13.7. The maximum atomic E-state index is 12.1. The van der Waals surface area contributed by atoms with Crippen molar-refractivity contribution in [2.75, 3.05) is 19.3 Å². The Morgan fingerprint density at radius 3 is 2.89 bits per heavy atom. The zero-order valence-corrected chi connectivity index (χ0v) is 11.7. The Balaban J connectivity index is 2.03. The van der Waals surface area contributed by atoms with Gasteiger partial charge in [0.1, 0.15) is 0 Å². The molecule has 1 N–H and O–H groups in total. The van der Waals surface area contributed by atoms with Crippen molar-refractivity contribution < 1.29 is 17.7 Å². The number of hydrogen-bond acceptors (Lipinski definition) is 5. The molecule has 0 saturated carbocycles. The molecular weight excluding hydrogens is 270 g/mol. The summed E-state index contributed by atoms with van der Waals surface area (Å²) in [5, 5.41) is 3.68. The highest BCUT2D eigenvalue weighted by Crippen LogP contribution is 2.15. The van der Waals surface area contributed by atoms with E-state index < -0.39 is 10.0 Å². The van der Waals surface area contributed by atoms with Crippen LogP contribution in [-0.4, -0.2) is 49.8 Å². The number of piperidine rings is 1. The van der Waals surface area contributed by atoms with Crippen molar-refractivity contribution in [3.05, 3.63) is 17.5 Å². The van der Waals surface area contributed by atoms with Crippen LogP contribution in [0.3, 0.4) is 0 Å². The predicted molar refractivity (Wildman–Crippen MR) is 68.1 cm³/mol. The second kappa shape index (κ2) is 5.30. The molecule has 1 unspecified atom stereocenters. The molecule has 1 saturated heterocycles. The van der Waals surface area contributed by atoms with Gasteiger partial charge in [0.25, 0.3) is 5.91 Å². The number of sulfonamides is 1. The van der Waals surface area contributed by atoms with E-state index in [0.29, 0.717) is 18.8 Å². The lowest BCUT2D eigenvalue weighted by atomic mass is 10.1. The standard InChI is InChI=1S/C11H17N3O4S/c1-8-6-10(18-12-8)11(15)14-5-3-4-9(7-14)13-19(2,16)17/h6,9,13H,3-5,7H2,1-2H3. The Morgan fingerprint density at radius 1 is 1.58 bits per heavy atom. The number of aryl methyl sites for hydroxylation is 1. The molecule has 1 atom stereocenters. The number of nitrogens with one attached hydrogen (secondary N) is 1. The SMILES string of the molecule is Cc1cc(C(=O)N2CCCC(NS(C)(=O)=O)C2)on1. The van der Waals surface area contributed by atoms with E-state index in [4.69, 9.17) is 4.52 Å². The molecule has 1 aliphatic heterocycles. The van der Waals surface area contributed by atoms with Crippen molar-refractivity contribution in [2.45, 2.75) is 25.8 Å². The smallest absolute Gasteiger partial charge is 0.292 e. The first-order valence-electron chi connectivity index (χ1n) is 6.05. The second-order valence-corrected chi connectivity index (χ2v) is 6.59. The van der Waals surface area contributed by atoms with Gasteiger partial charge in [-0.05, 0) is 19.8 Å². The van der Waals surface area contributed by atoms with Crippen molar-refractivity contribution >= 4 is 15.9 Å². The number of rotatable bonds is 3. The first-order valence-corrected chi connectivity index (χ1v) is 7.94. The number of likely N-dealkylation sites (tertiary alicyclic amines) is 1. The van der Waals surface area contributed by atoms with E-state index in [-0.39, 0.29) is 17.7 Å². The van der Waals surface area contributed by atoms with Crippen molar-refractivity contribution in [3.63, 3.8) is 0 Å². The topological polar surface area (TPSA) is 92.5 Å². The molecule has 2 heterocycles. The highest BCUT2D eigenvalue weighted by Gasteiger charge is 2.27. The van der Waals surface area contributed by atoms with Crippen LogP contribution in [0.15, 0.2) is 10.6 Å². The van der Waals surface area contributed by atoms with E-state index >= 15 is 0 Å². The predicted octanol–water partition coefficient (Wildman–Crippen LogP) is 0.137. The van der Waals surface area contributed by atoms with Crippen molar-refractivity contribution in [1.29, 1.82) is 0 Å². The minimum Gasteiger partial charge on any atom is -0.351 e. The van der Waals surface area contributed by atoms with Gasteiger partial charge in [0.05, 0.1) is 11.9 Å². The molecule has 8 heteroatoms. The monoisotopic (exact) mass is 287 g/mol. The molecule has 1 aromatic heterocycles. The second-order valence-electron chi connectivity index (χ2n) is 4.81. The van der Waals surface area contributed by atoms with Gasteiger partial charge in [-0.3, -0.25) is 4.79 Å². The lowest BCUT2D eigenvalue weighted by Gasteiger charge is -2.32. The molecule has 0 aliphatic carbocycles. The van der Waals surface area contributed by atoms with Gasteiger partial charge in [-0.15, -0.1) is 0 Å². The average molecular weight is 287 g/mol. The summed E-state index contributed by atoms with van der Waals surface area (Å²) in [6.45, 7) is 2.69. The van der Waals surface area contributed by atoms with Gasteiger partial charge in [-0.1, -0.05) is 5.16 Å². The van der Waals surface area contributed by atoms with Crippen LogP contribution in [0.5, 0.6) is 0 Å². The molecule has 19 heavy (non-hydrogen) atoms. The zero-order valence-electron chi connectivity index (χ0n) is 10.9. The van der Waals surface area contributed by atoms with E-state index in [0.717, 1.165) is 19.1 Å². The quantitative estimate of drug-likeness (QED) is 0.853. The molecule has 1 aliphatic rings. The summed E-state index contributed by atoms with van der Waals surface area (Å²) in [5.74, 6) is -0.0573. The highest BCUT2D eigenvalue weighted by atomic mass is 32.2. The van der Waals surface area contributed by atoms with Crippen LogP contribution < -0.4 is 4.72 Å². The molecule has 7 nitrogen and oxygen atoms in total. The van der Waals surface area contributed by atoms with Gasteiger partial charge < -0.3 is 9.42 Å². The first kappa shape index (κ1) is 14.0. The van der Waals surface area contributed by atoms with E-state index in [9.17, 15) is 13.2 Å². The highest BCUT2D eigenvalue weighted by molar-refractivity contribution is 7.88. The van der Waals surface area contributed by atoms with Crippen LogP contribution in [0, 0.1) is 6.92 Å². The zero-order chi connectivity index (χ0) is 14.0. The number of nitrogens with zero attached hydrogens (tertiary/aromatic N) is 2. The van der Waals surface area contributed by atoms with Gasteiger partial charge >= 0.3 is 0 Å². The van der Waals surface area contributed by atoms with Gasteiger partial charge in [-0.2, -0.15) is 0 Å². The summed E-state index contributed by atoms with van der Waals surface area (Å²) >= 11 is 0. The third-order valence-corrected chi connectivity index (χ3v) is 3.69.